The fourth-order valence-corrected chi connectivity index (χ4v) is 5.26. The van der Waals surface area contributed by atoms with E-state index in [2.05, 4.69) is 73.0 Å². The number of pyridine rings is 1. The van der Waals surface area contributed by atoms with Crippen LogP contribution in [0.2, 0.25) is 0 Å². The lowest BCUT2D eigenvalue weighted by Crippen LogP contribution is -2.31. The third-order valence-electron chi connectivity index (χ3n) is 7.32. The first-order chi connectivity index (χ1) is 19.2. The summed E-state index contributed by atoms with van der Waals surface area (Å²) in [5.74, 6) is -0.0777. The molecule has 5 heteroatoms. The van der Waals surface area contributed by atoms with Gasteiger partial charge >= 0.3 is 0 Å². The lowest BCUT2D eigenvalue weighted by molar-refractivity contribution is 0.0936. The number of benzene rings is 4. The summed E-state index contributed by atoms with van der Waals surface area (Å²) in [5, 5.41) is 7.96. The van der Waals surface area contributed by atoms with Crippen molar-refractivity contribution in [1.29, 1.82) is 0 Å². The van der Waals surface area contributed by atoms with Crippen molar-refractivity contribution in [2.45, 2.75) is 45.3 Å². The zero-order valence-corrected chi connectivity index (χ0v) is 23.8. The molecule has 0 spiro atoms. The second kappa shape index (κ2) is 13.9. The molecule has 4 nitrogen and oxygen atoms in total. The Bertz CT molecular complexity index is 1520. The average molecular weight is 550 g/mol. The Morgan fingerprint density at radius 2 is 1.23 bits per heavy atom. The third-order valence-corrected chi connectivity index (χ3v) is 7.32. The van der Waals surface area contributed by atoms with Crippen LogP contribution in [0.3, 0.4) is 0 Å². The molecule has 5 rings (SSSR count). The molecule has 204 valence electrons. The number of nitrogens with zero attached hydrogens (tertiary/aromatic N) is 1. The quantitative estimate of drug-likeness (QED) is 0.184. The first-order valence-electron chi connectivity index (χ1n) is 13.8. The van der Waals surface area contributed by atoms with Gasteiger partial charge in [0.15, 0.2) is 0 Å². The summed E-state index contributed by atoms with van der Waals surface area (Å²) < 4.78 is 0. The molecule has 40 heavy (non-hydrogen) atoms. The first kappa shape index (κ1) is 29.0. The van der Waals surface area contributed by atoms with Gasteiger partial charge in [-0.3, -0.25) is 4.79 Å². The number of rotatable bonds is 10. The summed E-state index contributed by atoms with van der Waals surface area (Å²) in [5.41, 5.74) is 6.58. The first-order valence-corrected chi connectivity index (χ1v) is 13.8. The van der Waals surface area contributed by atoms with Crippen LogP contribution in [0.4, 0.5) is 0 Å². The van der Waals surface area contributed by atoms with Crippen LogP contribution in [0.25, 0.3) is 22.2 Å². The van der Waals surface area contributed by atoms with Crippen LogP contribution in [0.1, 0.15) is 65.8 Å². The van der Waals surface area contributed by atoms with Crippen LogP contribution in [0, 0.1) is 0 Å². The Balaban J connectivity index is 0.00000370. The highest BCUT2D eigenvalue weighted by Crippen LogP contribution is 2.32. The Morgan fingerprint density at radius 3 is 1.82 bits per heavy atom. The summed E-state index contributed by atoms with van der Waals surface area (Å²) >= 11 is 0. The summed E-state index contributed by atoms with van der Waals surface area (Å²) in [7, 11) is 0. The van der Waals surface area contributed by atoms with E-state index >= 15 is 0 Å². The fourth-order valence-electron chi connectivity index (χ4n) is 5.26. The van der Waals surface area contributed by atoms with E-state index in [1.807, 2.05) is 66.7 Å². The van der Waals surface area contributed by atoms with Crippen molar-refractivity contribution in [1.82, 2.24) is 15.6 Å². The molecule has 0 aliphatic rings. The molecule has 0 saturated carbocycles. The number of para-hydroxylation sites is 1. The molecule has 0 fully saturated rings. The molecular formula is C35H36ClN3O. The molecule has 0 aliphatic carbocycles. The van der Waals surface area contributed by atoms with Gasteiger partial charge in [0, 0.05) is 29.1 Å². The normalized spacial score (nSPS) is 12.3. The van der Waals surface area contributed by atoms with Gasteiger partial charge in [-0.25, -0.2) is 4.98 Å². The van der Waals surface area contributed by atoms with E-state index in [4.69, 9.17) is 4.98 Å². The van der Waals surface area contributed by atoms with Gasteiger partial charge in [-0.2, -0.15) is 0 Å². The van der Waals surface area contributed by atoms with E-state index in [-0.39, 0.29) is 30.4 Å². The van der Waals surface area contributed by atoms with E-state index in [1.54, 1.807) is 0 Å². The van der Waals surface area contributed by atoms with Gasteiger partial charge in [0.05, 0.1) is 22.8 Å². The van der Waals surface area contributed by atoms with Crippen molar-refractivity contribution >= 4 is 29.2 Å². The van der Waals surface area contributed by atoms with E-state index in [0.29, 0.717) is 12.1 Å². The average Bonchev–Trinajstić information content (AvgIpc) is 3.01. The van der Waals surface area contributed by atoms with Gasteiger partial charge in [-0.15, -0.1) is 12.4 Å². The lowest BCUT2D eigenvalue weighted by Gasteiger charge is -2.23. The SMILES string of the molecule is CCC(NC(=O)c1c(CN[C@@H](CC)c2ccccc2)c(-c2ccccc2)nc2ccccc12)c1ccccc1.Cl. The molecule has 2 N–H and O–H groups in total. The van der Waals surface area contributed by atoms with Gasteiger partial charge in [-0.1, -0.05) is 123 Å². The highest BCUT2D eigenvalue weighted by molar-refractivity contribution is 6.09. The maximum absolute atomic E-state index is 14.2. The predicted molar refractivity (Wildman–Crippen MR) is 168 cm³/mol. The number of halogens is 1. The molecule has 2 atom stereocenters. The Kier molecular flexibility index (Phi) is 10.1. The Labute approximate surface area is 243 Å². The van der Waals surface area contributed by atoms with Crippen molar-refractivity contribution in [3.8, 4) is 11.3 Å². The van der Waals surface area contributed by atoms with E-state index in [0.717, 1.165) is 46.1 Å². The number of carbonyl (C=O) groups is 1. The highest BCUT2D eigenvalue weighted by Gasteiger charge is 2.24. The van der Waals surface area contributed by atoms with Gasteiger partial charge < -0.3 is 10.6 Å². The number of hydrogen-bond donors (Lipinski definition) is 2. The molecular weight excluding hydrogens is 514 g/mol. The van der Waals surface area contributed by atoms with Crippen molar-refractivity contribution in [3.05, 3.63) is 138 Å². The van der Waals surface area contributed by atoms with Crippen molar-refractivity contribution in [2.75, 3.05) is 0 Å². The number of fused-ring (bicyclic) bond motifs is 1. The largest absolute Gasteiger partial charge is 0.345 e. The molecule has 4 aromatic carbocycles. The zero-order chi connectivity index (χ0) is 27.0. The molecule has 0 bridgehead atoms. The summed E-state index contributed by atoms with van der Waals surface area (Å²) in [6.45, 7) is 4.80. The number of aromatic nitrogens is 1. The summed E-state index contributed by atoms with van der Waals surface area (Å²) in [6, 6.07) is 38.9. The highest BCUT2D eigenvalue weighted by atomic mass is 35.5. The van der Waals surface area contributed by atoms with Crippen molar-refractivity contribution in [3.63, 3.8) is 0 Å². The number of amides is 1. The van der Waals surface area contributed by atoms with Crippen LogP contribution < -0.4 is 10.6 Å². The standard InChI is InChI=1S/C35H35N3O.ClH/c1-3-30(25-16-8-5-9-17-25)36-24-29-33(35(39)38-31(4-2)26-18-10-6-11-19-26)28-22-14-15-23-32(28)37-34(29)27-20-12-7-13-21-27;/h5-23,30-31,36H,3-4,24H2,1-2H3,(H,38,39);1H/t30-,31?;/m0./s1. The Morgan fingerprint density at radius 1 is 0.700 bits per heavy atom. The van der Waals surface area contributed by atoms with Crippen molar-refractivity contribution in [2.24, 2.45) is 0 Å². The molecule has 1 amide bonds. The number of carbonyl (C=O) groups excluding carboxylic acids is 1. The van der Waals surface area contributed by atoms with Crippen LogP contribution >= 0.6 is 12.4 Å². The summed E-state index contributed by atoms with van der Waals surface area (Å²) in [4.78, 5) is 19.3. The van der Waals surface area contributed by atoms with Gasteiger partial charge in [0.1, 0.15) is 0 Å². The molecule has 0 saturated heterocycles. The molecule has 1 unspecified atom stereocenters. The van der Waals surface area contributed by atoms with Gasteiger partial charge in [0.25, 0.3) is 5.91 Å². The number of nitrogens with one attached hydrogen (secondary N) is 2. The molecule has 0 aliphatic heterocycles. The van der Waals surface area contributed by atoms with Crippen LogP contribution in [0.15, 0.2) is 115 Å². The zero-order valence-electron chi connectivity index (χ0n) is 23.0. The van der Waals surface area contributed by atoms with Crippen LogP contribution in [0.5, 0.6) is 0 Å². The molecule has 0 radical (unpaired) electrons. The van der Waals surface area contributed by atoms with Crippen LogP contribution in [-0.4, -0.2) is 10.9 Å². The minimum absolute atomic E-state index is 0. The maximum atomic E-state index is 14.2. The number of hydrogen-bond acceptors (Lipinski definition) is 3. The Hall–Kier alpha value is -3.99. The second-order valence-corrected chi connectivity index (χ2v) is 9.79. The second-order valence-electron chi connectivity index (χ2n) is 9.79. The van der Waals surface area contributed by atoms with Crippen LogP contribution in [-0.2, 0) is 6.54 Å². The monoisotopic (exact) mass is 549 g/mol. The third kappa shape index (κ3) is 6.41. The van der Waals surface area contributed by atoms with Gasteiger partial charge in [-0.05, 0) is 30.0 Å². The minimum Gasteiger partial charge on any atom is -0.345 e. The van der Waals surface area contributed by atoms with Crippen molar-refractivity contribution < 1.29 is 4.79 Å². The minimum atomic E-state index is -0.0840. The fraction of sp³-hybridized carbons (Fsp3) is 0.200. The molecule has 5 aromatic rings. The maximum Gasteiger partial charge on any atom is 0.252 e. The van der Waals surface area contributed by atoms with Gasteiger partial charge in [0.2, 0.25) is 0 Å². The molecule has 1 heterocycles. The molecule has 1 aromatic heterocycles. The lowest BCUT2D eigenvalue weighted by atomic mass is 9.94. The van der Waals surface area contributed by atoms with E-state index < -0.39 is 0 Å². The predicted octanol–water partition coefficient (Wildman–Crippen LogP) is 8.45. The van der Waals surface area contributed by atoms with E-state index in [9.17, 15) is 4.79 Å². The topological polar surface area (TPSA) is 54.0 Å². The smallest absolute Gasteiger partial charge is 0.252 e. The van der Waals surface area contributed by atoms with E-state index in [1.165, 1.54) is 5.56 Å². The summed E-state index contributed by atoms with van der Waals surface area (Å²) in [6.07, 6.45) is 1.73.